The monoisotopic (exact) mass is 890 g/mol. The van der Waals surface area contributed by atoms with Crippen LogP contribution >= 0.6 is 0 Å². The van der Waals surface area contributed by atoms with Gasteiger partial charge in [-0.15, -0.1) is 0 Å². The summed E-state index contributed by atoms with van der Waals surface area (Å²) >= 11 is 0. The number of rotatable bonds is 23. The molecule has 344 valence electrons. The summed E-state index contributed by atoms with van der Waals surface area (Å²) in [7, 11) is 0. The number of nitrogens with two attached hydrogens (primary N) is 1. The molecule has 1 aromatic heterocycles. The standard InChI is InChI=1S/C51H60F2N6O6/c1-51(2,3)49(44-29-38(40-30-39(52)20-21-41(40)53)33-58(44)32-37-17-11-6-12-18-37)59(48(64)34-60)28-26-42(54)50(65)55-27-25-47(63)57-43(45(61)23-19-35-13-7-4-8-14-35)22-24-46(62)56-31-36-15-9-5-10-16-36/h4-18,20-21,29-30,33,42-43,49,60H,19,22-28,31-32,34,54H2,1-3H3,(H,55,65)(H,56,62)(H,57,63)/t42-,43+,49-/m0/s1. The van der Waals surface area contributed by atoms with E-state index in [1.165, 1.54) is 4.90 Å². The Bertz CT molecular complexity index is 2350. The third-order valence-corrected chi connectivity index (χ3v) is 11.1. The van der Waals surface area contributed by atoms with E-state index in [9.17, 15) is 33.5 Å². The van der Waals surface area contributed by atoms with Crippen molar-refractivity contribution in [3.63, 3.8) is 0 Å². The molecule has 5 rings (SSSR count). The number of hydrogen-bond donors (Lipinski definition) is 5. The predicted octanol–water partition coefficient (Wildman–Crippen LogP) is 6.40. The number of aryl methyl sites for hydroxylation is 1. The molecule has 0 unspecified atom stereocenters. The second-order valence-electron chi connectivity index (χ2n) is 17.2. The van der Waals surface area contributed by atoms with Gasteiger partial charge < -0.3 is 36.3 Å². The highest BCUT2D eigenvalue weighted by Crippen LogP contribution is 2.41. The van der Waals surface area contributed by atoms with Crippen molar-refractivity contribution < 1.29 is 37.9 Å². The van der Waals surface area contributed by atoms with Crippen LogP contribution in [0.5, 0.6) is 0 Å². The minimum atomic E-state index is -1.12. The minimum Gasteiger partial charge on any atom is -0.387 e. The molecule has 6 N–H and O–H groups in total. The van der Waals surface area contributed by atoms with Gasteiger partial charge in [0.2, 0.25) is 23.6 Å². The maximum atomic E-state index is 15.1. The lowest BCUT2D eigenvalue weighted by Gasteiger charge is -2.41. The number of aromatic nitrogens is 1. The van der Waals surface area contributed by atoms with Gasteiger partial charge in [0.15, 0.2) is 5.78 Å². The Labute approximate surface area is 379 Å². The molecule has 12 nitrogen and oxygen atoms in total. The molecule has 0 aliphatic rings. The van der Waals surface area contributed by atoms with E-state index in [4.69, 9.17) is 5.73 Å². The van der Waals surface area contributed by atoms with Crippen LogP contribution in [-0.2, 0) is 43.5 Å². The molecular weight excluding hydrogens is 831 g/mol. The van der Waals surface area contributed by atoms with Gasteiger partial charge in [0.05, 0.1) is 18.1 Å². The lowest BCUT2D eigenvalue weighted by Crippen LogP contribution is -2.48. The molecule has 1 heterocycles. The van der Waals surface area contributed by atoms with Crippen LogP contribution in [0.4, 0.5) is 8.78 Å². The molecule has 0 aliphatic heterocycles. The van der Waals surface area contributed by atoms with Crippen molar-refractivity contribution in [3.8, 4) is 11.1 Å². The normalized spacial score (nSPS) is 12.7. The van der Waals surface area contributed by atoms with Gasteiger partial charge >= 0.3 is 0 Å². The molecule has 5 aromatic rings. The molecule has 0 aliphatic carbocycles. The van der Waals surface area contributed by atoms with E-state index in [1.54, 1.807) is 12.3 Å². The van der Waals surface area contributed by atoms with Crippen molar-refractivity contribution in [1.82, 2.24) is 25.4 Å². The lowest BCUT2D eigenvalue weighted by atomic mass is 9.82. The molecule has 0 bridgehead atoms. The van der Waals surface area contributed by atoms with Gasteiger partial charge in [-0.25, -0.2) is 8.78 Å². The first kappa shape index (κ1) is 49.5. The summed E-state index contributed by atoms with van der Waals surface area (Å²) in [6.07, 6.45) is 2.24. The number of halogens is 2. The van der Waals surface area contributed by atoms with Crippen LogP contribution in [-0.4, -0.2) is 75.8 Å². The summed E-state index contributed by atoms with van der Waals surface area (Å²) < 4.78 is 31.4. The van der Waals surface area contributed by atoms with Crippen LogP contribution < -0.4 is 21.7 Å². The van der Waals surface area contributed by atoms with Crippen molar-refractivity contribution >= 4 is 29.4 Å². The number of benzene rings is 4. The molecule has 0 saturated heterocycles. The summed E-state index contributed by atoms with van der Waals surface area (Å²) in [5.41, 5.74) is 9.54. The molecule has 0 radical (unpaired) electrons. The summed E-state index contributed by atoms with van der Waals surface area (Å²) in [6.45, 7) is 5.43. The van der Waals surface area contributed by atoms with E-state index in [0.29, 0.717) is 30.8 Å². The topological polar surface area (TPSA) is 176 Å². The van der Waals surface area contributed by atoms with E-state index in [1.807, 2.05) is 116 Å². The largest absolute Gasteiger partial charge is 0.387 e. The average Bonchev–Trinajstić information content (AvgIpc) is 3.70. The quantitative estimate of drug-likeness (QED) is 0.0505. The van der Waals surface area contributed by atoms with E-state index in [-0.39, 0.29) is 62.4 Å². The highest BCUT2D eigenvalue weighted by atomic mass is 19.1. The Hall–Kier alpha value is -6.51. The minimum absolute atomic E-state index is 0.0118. The molecule has 0 spiro atoms. The smallest absolute Gasteiger partial charge is 0.248 e. The zero-order valence-corrected chi connectivity index (χ0v) is 37.3. The van der Waals surface area contributed by atoms with E-state index in [0.717, 1.165) is 34.9 Å². The molecule has 0 fully saturated rings. The molecule has 4 amide bonds. The van der Waals surface area contributed by atoms with Crippen molar-refractivity contribution in [1.29, 1.82) is 0 Å². The number of ketones is 1. The number of nitrogens with one attached hydrogen (secondary N) is 3. The number of Topliss-reactive ketones (excluding diaryl/α,β-unsaturated/α-hetero) is 1. The second kappa shape index (κ2) is 24.0. The SMILES string of the molecule is CC(C)(C)[C@H](c1cc(-c2cc(F)ccc2F)cn1Cc1ccccc1)N(CC[C@H](N)C(=O)NCCC(=O)N[C@H](CCC(=O)NCc1ccccc1)C(=O)CCc1ccccc1)C(=O)CO. The van der Waals surface area contributed by atoms with Gasteiger partial charge in [0.25, 0.3) is 0 Å². The van der Waals surface area contributed by atoms with Gasteiger partial charge in [-0.1, -0.05) is 112 Å². The number of aliphatic hydroxyl groups excluding tert-OH is 1. The average molecular weight is 891 g/mol. The molecule has 14 heteroatoms. The summed E-state index contributed by atoms with van der Waals surface area (Å²) in [4.78, 5) is 67.7. The number of carbonyl (C=O) groups excluding carboxylic acids is 5. The number of hydrogen-bond acceptors (Lipinski definition) is 7. The fraction of sp³-hybridized carbons (Fsp3) is 0.353. The Kier molecular flexibility index (Phi) is 18.3. The van der Waals surface area contributed by atoms with Crippen molar-refractivity contribution in [3.05, 3.63) is 155 Å². The lowest BCUT2D eigenvalue weighted by molar-refractivity contribution is -0.140. The third-order valence-electron chi connectivity index (χ3n) is 11.1. The van der Waals surface area contributed by atoms with Gasteiger partial charge in [0.1, 0.15) is 18.2 Å². The van der Waals surface area contributed by atoms with Crippen molar-refractivity contribution in [2.24, 2.45) is 11.1 Å². The van der Waals surface area contributed by atoms with Gasteiger partial charge in [-0.2, -0.15) is 0 Å². The zero-order chi connectivity index (χ0) is 46.9. The number of amides is 4. The first-order chi connectivity index (χ1) is 31.1. The number of aliphatic hydroxyl groups is 1. The van der Waals surface area contributed by atoms with E-state index < -0.39 is 59.5 Å². The van der Waals surface area contributed by atoms with Crippen LogP contribution in [0.25, 0.3) is 11.1 Å². The van der Waals surface area contributed by atoms with Gasteiger partial charge in [0, 0.05) is 68.5 Å². The summed E-state index contributed by atoms with van der Waals surface area (Å²) in [5, 5.41) is 18.5. The van der Waals surface area contributed by atoms with Gasteiger partial charge in [-0.05, 0) is 65.6 Å². The molecule has 4 aromatic carbocycles. The third kappa shape index (κ3) is 15.0. The van der Waals surface area contributed by atoms with Crippen molar-refractivity contribution in [2.75, 3.05) is 19.7 Å². The second-order valence-corrected chi connectivity index (χ2v) is 17.2. The zero-order valence-electron chi connectivity index (χ0n) is 37.3. The van der Waals surface area contributed by atoms with Crippen LogP contribution in [0.2, 0.25) is 0 Å². The Morgan fingerprint density at radius 1 is 0.754 bits per heavy atom. The Morgan fingerprint density at radius 3 is 2.02 bits per heavy atom. The maximum absolute atomic E-state index is 15.1. The van der Waals surface area contributed by atoms with Gasteiger partial charge in [-0.3, -0.25) is 24.0 Å². The van der Waals surface area contributed by atoms with E-state index in [2.05, 4.69) is 16.0 Å². The van der Waals surface area contributed by atoms with E-state index >= 15 is 4.39 Å². The number of nitrogens with zero attached hydrogens (tertiary/aromatic N) is 2. The first-order valence-electron chi connectivity index (χ1n) is 21.9. The first-order valence-corrected chi connectivity index (χ1v) is 21.9. The number of carbonyl (C=O) groups is 5. The molecule has 3 atom stereocenters. The predicted molar refractivity (Wildman–Crippen MR) is 246 cm³/mol. The highest BCUT2D eigenvalue weighted by Gasteiger charge is 2.37. The van der Waals surface area contributed by atoms with Crippen LogP contribution in [0.3, 0.4) is 0 Å². The van der Waals surface area contributed by atoms with Crippen LogP contribution in [0, 0.1) is 17.0 Å². The fourth-order valence-corrected chi connectivity index (χ4v) is 7.77. The maximum Gasteiger partial charge on any atom is 0.248 e. The molecule has 65 heavy (non-hydrogen) atoms. The fourth-order valence-electron chi connectivity index (χ4n) is 7.77. The molecule has 0 saturated carbocycles. The van der Waals surface area contributed by atoms with Crippen LogP contribution in [0.1, 0.15) is 81.3 Å². The summed E-state index contributed by atoms with van der Waals surface area (Å²) in [5.74, 6) is -3.41. The Balaban J connectivity index is 1.23. The summed E-state index contributed by atoms with van der Waals surface area (Å²) in [6, 6.07) is 30.6. The molecular formula is C51H60F2N6O6. The van der Waals surface area contributed by atoms with Crippen molar-refractivity contribution in [2.45, 2.75) is 90.5 Å². The Morgan fingerprint density at radius 2 is 1.38 bits per heavy atom. The van der Waals surface area contributed by atoms with Crippen LogP contribution in [0.15, 0.2) is 121 Å². The highest BCUT2D eigenvalue weighted by molar-refractivity contribution is 5.90.